The van der Waals surface area contributed by atoms with Crippen LogP contribution in [0.5, 0.6) is 0 Å². The van der Waals surface area contributed by atoms with Crippen LogP contribution in [0.3, 0.4) is 0 Å². The quantitative estimate of drug-likeness (QED) is 0.453. The second-order valence-corrected chi connectivity index (χ2v) is 4.88. The summed E-state index contributed by atoms with van der Waals surface area (Å²) in [6.07, 6.45) is 9.35. The van der Waals surface area contributed by atoms with E-state index in [9.17, 15) is 0 Å². The summed E-state index contributed by atoms with van der Waals surface area (Å²) in [5.74, 6) is 0. The third kappa shape index (κ3) is 6.14. The number of rotatable bonds is 8. The molecule has 1 heterocycles. The number of hydrogen-bond acceptors (Lipinski definition) is 2. The second-order valence-electron chi connectivity index (χ2n) is 3.80. The molecular formula is C11H20IN3. The lowest BCUT2D eigenvalue weighted by molar-refractivity contribution is 0.600. The van der Waals surface area contributed by atoms with Crippen LogP contribution in [-0.2, 0) is 13.6 Å². The van der Waals surface area contributed by atoms with Crippen LogP contribution < -0.4 is 5.32 Å². The largest absolute Gasteiger partial charge is 0.313 e. The maximum atomic E-state index is 4.13. The first-order chi connectivity index (χ1) is 7.33. The summed E-state index contributed by atoms with van der Waals surface area (Å²) in [5, 5.41) is 7.57. The Morgan fingerprint density at radius 3 is 2.80 bits per heavy atom. The van der Waals surface area contributed by atoms with E-state index >= 15 is 0 Å². The molecule has 0 unspecified atom stereocenters. The molecule has 1 aromatic rings. The maximum Gasteiger partial charge on any atom is 0.0534 e. The Labute approximate surface area is 106 Å². The number of nitrogens with one attached hydrogen (secondary N) is 1. The Balaban J connectivity index is 1.93. The molecule has 0 radical (unpaired) electrons. The summed E-state index contributed by atoms with van der Waals surface area (Å²) in [5.41, 5.74) is 1.27. The molecule has 0 saturated carbocycles. The lowest BCUT2D eigenvalue weighted by Gasteiger charge is -2.02. The van der Waals surface area contributed by atoms with Crippen LogP contribution in [0.2, 0.25) is 0 Å². The number of aromatic nitrogens is 2. The van der Waals surface area contributed by atoms with Crippen LogP contribution in [0.15, 0.2) is 12.4 Å². The predicted molar refractivity (Wildman–Crippen MR) is 72.3 cm³/mol. The van der Waals surface area contributed by atoms with Crippen molar-refractivity contribution >= 4 is 22.6 Å². The fourth-order valence-electron chi connectivity index (χ4n) is 1.49. The molecule has 1 rings (SSSR count). The number of halogens is 1. The van der Waals surface area contributed by atoms with Gasteiger partial charge >= 0.3 is 0 Å². The first kappa shape index (κ1) is 13.0. The molecule has 1 aromatic heterocycles. The minimum Gasteiger partial charge on any atom is -0.313 e. The van der Waals surface area contributed by atoms with Crippen molar-refractivity contribution in [2.75, 3.05) is 11.0 Å². The summed E-state index contributed by atoms with van der Waals surface area (Å²) < 4.78 is 3.14. The van der Waals surface area contributed by atoms with E-state index in [4.69, 9.17) is 0 Å². The van der Waals surface area contributed by atoms with Crippen LogP contribution in [0.1, 0.15) is 31.2 Å². The molecular weight excluding hydrogens is 301 g/mol. The van der Waals surface area contributed by atoms with Gasteiger partial charge in [-0.3, -0.25) is 4.68 Å². The highest BCUT2D eigenvalue weighted by Crippen LogP contribution is 2.01. The average Bonchev–Trinajstić information content (AvgIpc) is 2.63. The highest BCUT2D eigenvalue weighted by atomic mass is 127. The Bertz CT molecular complexity index is 260. The summed E-state index contributed by atoms with van der Waals surface area (Å²) in [7, 11) is 1.95. The number of nitrogens with zero attached hydrogens (tertiary/aromatic N) is 2. The van der Waals surface area contributed by atoms with Gasteiger partial charge in [-0.05, 0) is 23.8 Å². The number of alkyl halides is 1. The van der Waals surface area contributed by atoms with Gasteiger partial charge < -0.3 is 5.32 Å². The van der Waals surface area contributed by atoms with Crippen molar-refractivity contribution < 1.29 is 0 Å². The molecule has 0 bridgehead atoms. The molecule has 1 N–H and O–H groups in total. The standard InChI is InChI=1S/C11H20IN3/c1-15-10-11(9-14-15)8-13-7-5-3-2-4-6-12/h9-10,13H,2-8H2,1H3. The lowest BCUT2D eigenvalue weighted by Crippen LogP contribution is -2.14. The zero-order chi connectivity index (χ0) is 10.9. The van der Waals surface area contributed by atoms with Crippen molar-refractivity contribution in [1.82, 2.24) is 15.1 Å². The van der Waals surface area contributed by atoms with E-state index in [1.165, 1.54) is 35.7 Å². The molecule has 0 aliphatic heterocycles. The first-order valence-corrected chi connectivity index (χ1v) is 7.09. The highest BCUT2D eigenvalue weighted by molar-refractivity contribution is 14.1. The van der Waals surface area contributed by atoms with Gasteiger partial charge in [-0.25, -0.2) is 0 Å². The normalized spacial score (nSPS) is 10.8. The Hall–Kier alpha value is -0.100. The molecule has 4 heteroatoms. The van der Waals surface area contributed by atoms with Gasteiger partial charge in [0.1, 0.15) is 0 Å². The van der Waals surface area contributed by atoms with E-state index < -0.39 is 0 Å². The van der Waals surface area contributed by atoms with Gasteiger partial charge in [0.2, 0.25) is 0 Å². The maximum absolute atomic E-state index is 4.13. The Morgan fingerprint density at radius 1 is 1.33 bits per heavy atom. The molecule has 0 atom stereocenters. The zero-order valence-electron chi connectivity index (χ0n) is 9.38. The summed E-state index contributed by atoms with van der Waals surface area (Å²) in [6.45, 7) is 2.07. The SMILES string of the molecule is Cn1cc(CNCCCCCCI)cn1. The van der Waals surface area contributed by atoms with Crippen LogP contribution >= 0.6 is 22.6 Å². The van der Waals surface area contributed by atoms with E-state index in [-0.39, 0.29) is 0 Å². The van der Waals surface area contributed by atoms with Crippen molar-refractivity contribution in [3.8, 4) is 0 Å². The third-order valence-corrected chi connectivity index (χ3v) is 3.09. The summed E-state index contributed by atoms with van der Waals surface area (Å²) in [4.78, 5) is 0. The lowest BCUT2D eigenvalue weighted by atomic mass is 10.2. The monoisotopic (exact) mass is 321 g/mol. The summed E-state index contributed by atoms with van der Waals surface area (Å²) >= 11 is 2.44. The average molecular weight is 321 g/mol. The fourth-order valence-corrected chi connectivity index (χ4v) is 2.03. The van der Waals surface area contributed by atoms with Crippen LogP contribution in [0.4, 0.5) is 0 Å². The first-order valence-electron chi connectivity index (χ1n) is 5.57. The Kier molecular flexibility index (Phi) is 7.00. The van der Waals surface area contributed by atoms with Crippen molar-refractivity contribution in [3.63, 3.8) is 0 Å². The molecule has 0 amide bonds. The minimum atomic E-state index is 0.945. The highest BCUT2D eigenvalue weighted by Gasteiger charge is 1.94. The Morgan fingerprint density at radius 2 is 2.13 bits per heavy atom. The molecule has 0 fully saturated rings. The number of unbranched alkanes of at least 4 members (excludes halogenated alkanes) is 3. The van der Waals surface area contributed by atoms with Gasteiger partial charge in [0.05, 0.1) is 6.20 Å². The van der Waals surface area contributed by atoms with E-state index in [0.717, 1.165) is 13.1 Å². The zero-order valence-corrected chi connectivity index (χ0v) is 11.5. The van der Waals surface area contributed by atoms with Gasteiger partial charge in [0, 0.05) is 25.4 Å². The van der Waals surface area contributed by atoms with Gasteiger partial charge in [-0.1, -0.05) is 35.4 Å². The van der Waals surface area contributed by atoms with E-state index in [1.807, 2.05) is 17.9 Å². The van der Waals surface area contributed by atoms with Crippen LogP contribution in [-0.4, -0.2) is 20.8 Å². The van der Waals surface area contributed by atoms with Gasteiger partial charge in [0.15, 0.2) is 0 Å². The van der Waals surface area contributed by atoms with E-state index in [1.54, 1.807) is 0 Å². The minimum absolute atomic E-state index is 0.945. The van der Waals surface area contributed by atoms with Crippen molar-refractivity contribution in [3.05, 3.63) is 18.0 Å². The smallest absolute Gasteiger partial charge is 0.0534 e. The topological polar surface area (TPSA) is 29.9 Å². The predicted octanol–water partition coefficient (Wildman–Crippen LogP) is 2.51. The van der Waals surface area contributed by atoms with Crippen molar-refractivity contribution in [2.24, 2.45) is 7.05 Å². The molecule has 3 nitrogen and oxygen atoms in total. The number of hydrogen-bond donors (Lipinski definition) is 1. The molecule has 15 heavy (non-hydrogen) atoms. The molecule has 86 valence electrons. The van der Waals surface area contributed by atoms with Gasteiger partial charge in [-0.2, -0.15) is 5.10 Å². The van der Waals surface area contributed by atoms with Crippen LogP contribution in [0.25, 0.3) is 0 Å². The second kappa shape index (κ2) is 8.10. The third-order valence-electron chi connectivity index (χ3n) is 2.32. The number of aryl methyl sites for hydroxylation is 1. The van der Waals surface area contributed by atoms with Crippen molar-refractivity contribution in [2.45, 2.75) is 32.2 Å². The fraction of sp³-hybridized carbons (Fsp3) is 0.727. The molecule has 0 saturated heterocycles. The summed E-state index contributed by atoms with van der Waals surface area (Å²) in [6, 6.07) is 0. The van der Waals surface area contributed by atoms with E-state index in [0.29, 0.717) is 0 Å². The molecule has 0 aliphatic carbocycles. The van der Waals surface area contributed by atoms with Crippen LogP contribution in [0, 0.1) is 0 Å². The molecule has 0 aromatic carbocycles. The van der Waals surface area contributed by atoms with E-state index in [2.05, 4.69) is 39.2 Å². The molecule has 0 aliphatic rings. The van der Waals surface area contributed by atoms with Gasteiger partial charge in [0.25, 0.3) is 0 Å². The van der Waals surface area contributed by atoms with Crippen molar-refractivity contribution in [1.29, 1.82) is 0 Å². The van der Waals surface area contributed by atoms with Gasteiger partial charge in [-0.15, -0.1) is 0 Å². The molecule has 0 spiro atoms.